The molecule has 0 saturated carbocycles. The lowest BCUT2D eigenvalue weighted by atomic mass is 10.1. The van der Waals surface area contributed by atoms with E-state index in [2.05, 4.69) is 21.0 Å². The van der Waals surface area contributed by atoms with Gasteiger partial charge in [0.2, 0.25) is 0 Å². The van der Waals surface area contributed by atoms with Gasteiger partial charge in [-0.3, -0.25) is 9.48 Å². The lowest BCUT2D eigenvalue weighted by Gasteiger charge is -2.37. The highest BCUT2D eigenvalue weighted by atomic mass is 79.9. The van der Waals surface area contributed by atoms with Gasteiger partial charge in [0, 0.05) is 25.1 Å². The summed E-state index contributed by atoms with van der Waals surface area (Å²) in [6.07, 6.45) is 2.65. The molecule has 0 radical (unpaired) electrons. The molecule has 1 fully saturated rings. The van der Waals surface area contributed by atoms with Gasteiger partial charge in [-0.1, -0.05) is 22.9 Å². The minimum atomic E-state index is 0.0618. The molecule has 1 aromatic heterocycles. The predicted octanol–water partition coefficient (Wildman–Crippen LogP) is 1.61. The van der Waals surface area contributed by atoms with Gasteiger partial charge in [0.05, 0.1) is 30.0 Å². The highest BCUT2D eigenvalue weighted by Gasteiger charge is 2.31. The van der Waals surface area contributed by atoms with Crippen LogP contribution in [0.1, 0.15) is 29.9 Å². The lowest BCUT2D eigenvalue weighted by Crippen LogP contribution is -2.51. The third-order valence-electron chi connectivity index (χ3n) is 3.41. The second kappa shape index (κ2) is 6.05. The minimum Gasteiger partial charge on any atom is -0.373 e. The van der Waals surface area contributed by atoms with Gasteiger partial charge in [-0.2, -0.15) is 5.10 Å². The van der Waals surface area contributed by atoms with Crippen LogP contribution in [-0.2, 0) is 18.2 Å². The summed E-state index contributed by atoms with van der Waals surface area (Å²) in [6.45, 7) is 5.25. The molecule has 0 spiro atoms. The standard InChI is InChI=1S/C13H20BrN3O2/c1-4-12-11(7-16(3)15-12)13(18)17-6-10(5-14)19-8-9(17)2/h7,9-10H,4-6,8H2,1-3H3. The Morgan fingerprint density at radius 3 is 3.00 bits per heavy atom. The Hall–Kier alpha value is -0.880. The number of hydrogen-bond donors (Lipinski definition) is 0. The number of carbonyl (C=O) groups excluding carboxylic acids is 1. The first kappa shape index (κ1) is 14.5. The van der Waals surface area contributed by atoms with Crippen molar-refractivity contribution in [3.63, 3.8) is 0 Å². The molecule has 6 heteroatoms. The molecule has 0 N–H and O–H groups in total. The Bertz CT molecular complexity index is 461. The van der Waals surface area contributed by atoms with E-state index < -0.39 is 0 Å². The summed E-state index contributed by atoms with van der Waals surface area (Å²) in [5, 5.41) is 5.09. The summed E-state index contributed by atoms with van der Waals surface area (Å²) in [4.78, 5) is 14.6. The van der Waals surface area contributed by atoms with Gasteiger partial charge in [0.15, 0.2) is 0 Å². The average molecular weight is 330 g/mol. The van der Waals surface area contributed by atoms with Crippen LogP contribution < -0.4 is 0 Å². The molecule has 2 rings (SSSR count). The van der Waals surface area contributed by atoms with Crippen LogP contribution in [-0.4, -0.2) is 51.2 Å². The number of nitrogens with zero attached hydrogens (tertiary/aromatic N) is 3. The highest BCUT2D eigenvalue weighted by Crippen LogP contribution is 2.18. The second-order valence-corrected chi connectivity index (χ2v) is 5.58. The zero-order valence-electron chi connectivity index (χ0n) is 11.6. The third kappa shape index (κ3) is 3.00. The van der Waals surface area contributed by atoms with E-state index in [-0.39, 0.29) is 18.1 Å². The van der Waals surface area contributed by atoms with Crippen molar-refractivity contribution >= 4 is 21.8 Å². The van der Waals surface area contributed by atoms with Crippen molar-refractivity contribution < 1.29 is 9.53 Å². The summed E-state index contributed by atoms with van der Waals surface area (Å²) in [7, 11) is 1.85. The van der Waals surface area contributed by atoms with Crippen LogP contribution >= 0.6 is 15.9 Å². The Kier molecular flexibility index (Phi) is 4.62. The van der Waals surface area contributed by atoms with Crippen molar-refractivity contribution in [2.24, 2.45) is 7.05 Å². The average Bonchev–Trinajstić information content (AvgIpc) is 2.79. The molecule has 1 aromatic rings. The molecule has 1 aliphatic heterocycles. The zero-order valence-corrected chi connectivity index (χ0v) is 13.2. The number of morpholine rings is 1. The van der Waals surface area contributed by atoms with Crippen LogP contribution in [0.15, 0.2) is 6.20 Å². The molecule has 0 aliphatic carbocycles. The Morgan fingerprint density at radius 2 is 2.37 bits per heavy atom. The number of rotatable bonds is 3. The molecular weight excluding hydrogens is 310 g/mol. The van der Waals surface area contributed by atoms with Crippen LogP contribution in [0.25, 0.3) is 0 Å². The van der Waals surface area contributed by atoms with Gasteiger partial charge >= 0.3 is 0 Å². The van der Waals surface area contributed by atoms with E-state index in [0.29, 0.717) is 18.7 Å². The number of aromatic nitrogens is 2. The van der Waals surface area contributed by atoms with Crippen molar-refractivity contribution in [2.45, 2.75) is 32.4 Å². The molecule has 2 atom stereocenters. The Labute approximate surface area is 122 Å². The first-order valence-corrected chi connectivity index (χ1v) is 7.70. The number of carbonyl (C=O) groups is 1. The maximum absolute atomic E-state index is 12.7. The lowest BCUT2D eigenvalue weighted by molar-refractivity contribution is -0.0361. The maximum Gasteiger partial charge on any atom is 0.257 e. The molecule has 2 heterocycles. The largest absolute Gasteiger partial charge is 0.373 e. The van der Waals surface area contributed by atoms with E-state index in [1.165, 1.54) is 0 Å². The summed E-state index contributed by atoms with van der Waals surface area (Å²) < 4.78 is 7.36. The van der Waals surface area contributed by atoms with Gasteiger partial charge < -0.3 is 9.64 Å². The topological polar surface area (TPSA) is 47.4 Å². The van der Waals surface area contributed by atoms with E-state index in [4.69, 9.17) is 4.74 Å². The normalized spacial score (nSPS) is 23.7. The Morgan fingerprint density at radius 1 is 1.63 bits per heavy atom. The molecule has 1 amide bonds. The minimum absolute atomic E-state index is 0.0618. The molecule has 1 aliphatic rings. The second-order valence-electron chi connectivity index (χ2n) is 4.93. The van der Waals surface area contributed by atoms with Crippen LogP contribution in [0.5, 0.6) is 0 Å². The fourth-order valence-electron chi connectivity index (χ4n) is 2.32. The molecule has 0 bridgehead atoms. The summed E-state index contributed by atoms with van der Waals surface area (Å²) in [6, 6.07) is 0.104. The number of aryl methyl sites for hydroxylation is 2. The van der Waals surface area contributed by atoms with Gasteiger partial charge in [-0.15, -0.1) is 0 Å². The Balaban J connectivity index is 2.21. The number of halogens is 1. The monoisotopic (exact) mass is 329 g/mol. The van der Waals surface area contributed by atoms with Crippen LogP contribution in [0.4, 0.5) is 0 Å². The number of ether oxygens (including phenoxy) is 1. The summed E-state index contributed by atoms with van der Waals surface area (Å²) >= 11 is 3.42. The molecule has 0 aromatic carbocycles. The van der Waals surface area contributed by atoms with Gasteiger partial charge in [0.1, 0.15) is 0 Å². The first-order chi connectivity index (χ1) is 9.06. The number of alkyl halides is 1. The van der Waals surface area contributed by atoms with Crippen molar-refractivity contribution in [1.29, 1.82) is 0 Å². The van der Waals surface area contributed by atoms with Gasteiger partial charge in [-0.05, 0) is 13.3 Å². The van der Waals surface area contributed by atoms with E-state index in [1.54, 1.807) is 4.68 Å². The number of hydrogen-bond acceptors (Lipinski definition) is 3. The molecule has 2 unspecified atom stereocenters. The van der Waals surface area contributed by atoms with Crippen LogP contribution in [0.3, 0.4) is 0 Å². The summed E-state index contributed by atoms with van der Waals surface area (Å²) in [5.41, 5.74) is 1.58. The third-order valence-corrected chi connectivity index (χ3v) is 4.13. The van der Waals surface area contributed by atoms with Crippen LogP contribution in [0.2, 0.25) is 0 Å². The maximum atomic E-state index is 12.7. The number of amides is 1. The predicted molar refractivity (Wildman–Crippen MR) is 76.6 cm³/mol. The molecule has 5 nitrogen and oxygen atoms in total. The van der Waals surface area contributed by atoms with Crippen molar-refractivity contribution in [1.82, 2.24) is 14.7 Å². The van der Waals surface area contributed by atoms with Crippen molar-refractivity contribution in [3.8, 4) is 0 Å². The van der Waals surface area contributed by atoms with E-state index in [0.717, 1.165) is 17.4 Å². The quantitative estimate of drug-likeness (QED) is 0.791. The van der Waals surface area contributed by atoms with Gasteiger partial charge in [0.25, 0.3) is 5.91 Å². The van der Waals surface area contributed by atoms with E-state index in [9.17, 15) is 4.79 Å². The molecule has 106 valence electrons. The SMILES string of the molecule is CCc1nn(C)cc1C(=O)N1CC(CBr)OCC1C. The van der Waals surface area contributed by atoms with Crippen molar-refractivity contribution in [3.05, 3.63) is 17.5 Å². The fourth-order valence-corrected chi connectivity index (χ4v) is 2.71. The van der Waals surface area contributed by atoms with Gasteiger partial charge in [-0.25, -0.2) is 0 Å². The van der Waals surface area contributed by atoms with E-state index >= 15 is 0 Å². The molecule has 1 saturated heterocycles. The fraction of sp³-hybridized carbons (Fsp3) is 0.692. The van der Waals surface area contributed by atoms with E-state index in [1.807, 2.05) is 32.0 Å². The highest BCUT2D eigenvalue weighted by molar-refractivity contribution is 9.09. The first-order valence-electron chi connectivity index (χ1n) is 6.57. The van der Waals surface area contributed by atoms with Crippen molar-refractivity contribution in [2.75, 3.05) is 18.5 Å². The molecule has 19 heavy (non-hydrogen) atoms. The van der Waals surface area contributed by atoms with Crippen LogP contribution in [0, 0.1) is 0 Å². The smallest absolute Gasteiger partial charge is 0.257 e. The zero-order chi connectivity index (χ0) is 14.0. The molecular formula is C13H20BrN3O2. The summed E-state index contributed by atoms with van der Waals surface area (Å²) in [5.74, 6) is 0.0618.